The molecule has 0 saturated heterocycles. The highest BCUT2D eigenvalue weighted by atomic mass is 16.2. The topological polar surface area (TPSA) is 49.4 Å². The van der Waals surface area contributed by atoms with Gasteiger partial charge < -0.3 is 10.2 Å². The molecule has 0 bridgehead atoms. The molecule has 0 aliphatic carbocycles. The standard InChI is InChI=1S/C24H32N2O2/c1-17(2)15-25-24(28)20(5)26(16-22-12-8-19(4)9-13-22)23(27)14-21-10-6-18(3)7-11-21/h6-13,17,20H,14-16H2,1-5H3,(H,25,28)/t20-/m1/s1. The molecule has 0 aromatic heterocycles. The molecule has 2 amide bonds. The molecule has 4 heteroatoms. The minimum Gasteiger partial charge on any atom is -0.354 e. The Balaban J connectivity index is 2.18. The fourth-order valence-corrected chi connectivity index (χ4v) is 2.91. The van der Waals surface area contributed by atoms with E-state index in [1.165, 1.54) is 5.56 Å². The maximum absolute atomic E-state index is 13.1. The molecule has 0 unspecified atom stereocenters. The number of nitrogens with zero attached hydrogens (tertiary/aromatic N) is 1. The Morgan fingerprint density at radius 2 is 1.36 bits per heavy atom. The maximum Gasteiger partial charge on any atom is 0.242 e. The Labute approximate surface area is 169 Å². The third kappa shape index (κ3) is 6.52. The van der Waals surface area contributed by atoms with Crippen LogP contribution in [0.1, 0.15) is 43.0 Å². The van der Waals surface area contributed by atoms with Crippen molar-refractivity contribution in [3.8, 4) is 0 Å². The Kier molecular flexibility index (Phi) is 7.80. The predicted molar refractivity (Wildman–Crippen MR) is 114 cm³/mol. The number of hydrogen-bond acceptors (Lipinski definition) is 2. The molecule has 0 fully saturated rings. The highest BCUT2D eigenvalue weighted by Crippen LogP contribution is 2.14. The van der Waals surface area contributed by atoms with E-state index < -0.39 is 6.04 Å². The summed E-state index contributed by atoms with van der Waals surface area (Å²) in [6, 6.07) is 15.5. The van der Waals surface area contributed by atoms with Gasteiger partial charge in [0.15, 0.2) is 0 Å². The second kappa shape index (κ2) is 10.1. The molecule has 0 heterocycles. The summed E-state index contributed by atoms with van der Waals surface area (Å²) in [5.41, 5.74) is 4.31. The normalized spacial score (nSPS) is 11.9. The van der Waals surface area contributed by atoms with Crippen molar-refractivity contribution in [2.75, 3.05) is 6.54 Å². The second-order valence-electron chi connectivity index (χ2n) is 7.98. The summed E-state index contributed by atoms with van der Waals surface area (Å²) in [4.78, 5) is 27.4. The van der Waals surface area contributed by atoms with E-state index in [2.05, 4.69) is 19.2 Å². The lowest BCUT2D eigenvalue weighted by Gasteiger charge is -2.29. The van der Waals surface area contributed by atoms with Crippen LogP contribution in [0.5, 0.6) is 0 Å². The smallest absolute Gasteiger partial charge is 0.242 e. The van der Waals surface area contributed by atoms with Crippen molar-refractivity contribution >= 4 is 11.8 Å². The number of rotatable bonds is 8. The van der Waals surface area contributed by atoms with Crippen LogP contribution >= 0.6 is 0 Å². The maximum atomic E-state index is 13.1. The molecular formula is C24H32N2O2. The number of carbonyl (C=O) groups is 2. The van der Waals surface area contributed by atoms with Gasteiger partial charge in [-0.2, -0.15) is 0 Å². The van der Waals surface area contributed by atoms with Crippen molar-refractivity contribution in [1.82, 2.24) is 10.2 Å². The van der Waals surface area contributed by atoms with Crippen LogP contribution in [-0.2, 0) is 22.6 Å². The molecule has 2 rings (SSSR count). The van der Waals surface area contributed by atoms with Gasteiger partial charge in [0.1, 0.15) is 6.04 Å². The Hall–Kier alpha value is -2.62. The molecular weight excluding hydrogens is 348 g/mol. The summed E-state index contributed by atoms with van der Waals surface area (Å²) in [6.45, 7) is 11.0. The first-order chi connectivity index (χ1) is 13.3. The van der Waals surface area contributed by atoms with E-state index >= 15 is 0 Å². The molecule has 1 atom stereocenters. The van der Waals surface area contributed by atoms with Crippen molar-refractivity contribution < 1.29 is 9.59 Å². The van der Waals surface area contributed by atoms with Gasteiger partial charge >= 0.3 is 0 Å². The van der Waals surface area contributed by atoms with E-state index in [4.69, 9.17) is 0 Å². The van der Waals surface area contributed by atoms with Crippen LogP contribution in [0.2, 0.25) is 0 Å². The number of hydrogen-bond donors (Lipinski definition) is 1. The van der Waals surface area contributed by atoms with Crippen molar-refractivity contribution in [3.63, 3.8) is 0 Å². The molecule has 0 radical (unpaired) electrons. The van der Waals surface area contributed by atoms with E-state index in [0.29, 0.717) is 19.0 Å². The molecule has 150 valence electrons. The van der Waals surface area contributed by atoms with Gasteiger partial charge in [-0.15, -0.1) is 0 Å². The number of aryl methyl sites for hydroxylation is 2. The van der Waals surface area contributed by atoms with Crippen LogP contribution in [0, 0.1) is 19.8 Å². The zero-order chi connectivity index (χ0) is 20.7. The van der Waals surface area contributed by atoms with Crippen molar-refractivity contribution in [3.05, 3.63) is 70.8 Å². The fraction of sp³-hybridized carbons (Fsp3) is 0.417. The summed E-state index contributed by atoms with van der Waals surface area (Å²) in [7, 11) is 0. The van der Waals surface area contributed by atoms with Gasteiger partial charge in [-0.3, -0.25) is 9.59 Å². The minimum atomic E-state index is -0.530. The molecule has 28 heavy (non-hydrogen) atoms. The van der Waals surface area contributed by atoms with Gasteiger partial charge in [-0.05, 0) is 37.8 Å². The average Bonchev–Trinajstić information content (AvgIpc) is 2.66. The summed E-state index contributed by atoms with van der Waals surface area (Å²) in [6.07, 6.45) is 0.286. The molecule has 0 aliphatic heterocycles. The number of carbonyl (C=O) groups excluding carboxylic acids is 2. The van der Waals surface area contributed by atoms with E-state index in [1.807, 2.05) is 62.4 Å². The van der Waals surface area contributed by atoms with Gasteiger partial charge in [0.05, 0.1) is 6.42 Å². The molecule has 4 nitrogen and oxygen atoms in total. The quantitative estimate of drug-likeness (QED) is 0.751. The van der Waals surface area contributed by atoms with E-state index in [-0.39, 0.29) is 18.2 Å². The minimum absolute atomic E-state index is 0.0448. The zero-order valence-corrected chi connectivity index (χ0v) is 17.7. The summed E-state index contributed by atoms with van der Waals surface area (Å²) in [5, 5.41) is 2.95. The summed E-state index contributed by atoms with van der Waals surface area (Å²) >= 11 is 0. The first kappa shape index (κ1) is 21.7. The van der Waals surface area contributed by atoms with Gasteiger partial charge in [0.2, 0.25) is 11.8 Å². The number of amides is 2. The fourth-order valence-electron chi connectivity index (χ4n) is 2.91. The zero-order valence-electron chi connectivity index (χ0n) is 17.7. The SMILES string of the molecule is Cc1ccc(CC(=O)N(Cc2ccc(C)cc2)[C@H](C)C(=O)NCC(C)C)cc1. The highest BCUT2D eigenvalue weighted by molar-refractivity contribution is 5.88. The van der Waals surface area contributed by atoms with Crippen molar-refractivity contribution in [2.24, 2.45) is 5.92 Å². The lowest BCUT2D eigenvalue weighted by molar-refractivity contribution is -0.140. The Morgan fingerprint density at radius 3 is 1.86 bits per heavy atom. The van der Waals surface area contributed by atoms with E-state index in [9.17, 15) is 9.59 Å². The van der Waals surface area contributed by atoms with Crippen LogP contribution in [0.3, 0.4) is 0 Å². The Bertz CT molecular complexity index is 779. The molecule has 2 aromatic carbocycles. The van der Waals surface area contributed by atoms with Gasteiger partial charge in [0.25, 0.3) is 0 Å². The molecule has 1 N–H and O–H groups in total. The van der Waals surface area contributed by atoms with E-state index in [0.717, 1.165) is 16.7 Å². The number of nitrogens with one attached hydrogen (secondary N) is 1. The number of benzene rings is 2. The molecule has 0 aliphatic rings. The first-order valence-electron chi connectivity index (χ1n) is 9.94. The summed E-state index contributed by atoms with van der Waals surface area (Å²) < 4.78 is 0. The van der Waals surface area contributed by atoms with Crippen molar-refractivity contribution in [1.29, 1.82) is 0 Å². The first-order valence-corrected chi connectivity index (χ1v) is 9.94. The van der Waals surface area contributed by atoms with Crippen LogP contribution < -0.4 is 5.32 Å². The lowest BCUT2D eigenvalue weighted by Crippen LogP contribution is -2.48. The van der Waals surface area contributed by atoms with Gasteiger partial charge in [-0.25, -0.2) is 0 Å². The predicted octanol–water partition coefficient (Wildman–Crippen LogP) is 4.04. The van der Waals surface area contributed by atoms with Crippen LogP contribution in [0.4, 0.5) is 0 Å². The highest BCUT2D eigenvalue weighted by Gasteiger charge is 2.26. The monoisotopic (exact) mass is 380 g/mol. The van der Waals surface area contributed by atoms with Gasteiger partial charge in [-0.1, -0.05) is 73.5 Å². The van der Waals surface area contributed by atoms with E-state index in [1.54, 1.807) is 11.8 Å². The molecule has 0 spiro atoms. The van der Waals surface area contributed by atoms with Crippen LogP contribution in [0.15, 0.2) is 48.5 Å². The largest absolute Gasteiger partial charge is 0.354 e. The van der Waals surface area contributed by atoms with Crippen LogP contribution in [-0.4, -0.2) is 29.3 Å². The van der Waals surface area contributed by atoms with Gasteiger partial charge in [0, 0.05) is 13.1 Å². The van der Waals surface area contributed by atoms with Crippen LogP contribution in [0.25, 0.3) is 0 Å². The lowest BCUT2D eigenvalue weighted by atomic mass is 10.1. The third-order valence-electron chi connectivity index (χ3n) is 4.80. The molecule has 2 aromatic rings. The Morgan fingerprint density at radius 1 is 0.857 bits per heavy atom. The average molecular weight is 381 g/mol. The third-order valence-corrected chi connectivity index (χ3v) is 4.80. The van der Waals surface area contributed by atoms with Crippen molar-refractivity contribution in [2.45, 2.75) is 53.6 Å². The second-order valence-corrected chi connectivity index (χ2v) is 7.98. The summed E-state index contributed by atoms with van der Waals surface area (Å²) in [5.74, 6) is 0.208. The molecule has 0 saturated carbocycles.